The molecule has 0 spiro atoms. The molecule has 0 heterocycles. The van der Waals surface area contributed by atoms with E-state index in [4.69, 9.17) is 21.1 Å². The van der Waals surface area contributed by atoms with Gasteiger partial charge in [0.15, 0.2) is 0 Å². The molecule has 1 aliphatic rings. The van der Waals surface area contributed by atoms with Gasteiger partial charge in [-0.3, -0.25) is 9.59 Å². The first-order valence-electron chi connectivity index (χ1n) is 9.77. The molecule has 8 heteroatoms. The minimum atomic E-state index is -0.500. The lowest BCUT2D eigenvalue weighted by Crippen LogP contribution is -2.31. The maximum atomic E-state index is 12.8. The fourth-order valence-electron chi connectivity index (χ4n) is 3.02. The van der Waals surface area contributed by atoms with Crippen molar-refractivity contribution in [1.82, 2.24) is 5.32 Å². The molecule has 1 aliphatic carbocycles. The lowest BCUT2D eigenvalue weighted by atomic mass is 10.0. The quantitative estimate of drug-likeness (QED) is 0.661. The van der Waals surface area contributed by atoms with E-state index in [-0.39, 0.29) is 16.3 Å². The molecule has 1 N–H and O–H groups in total. The molecule has 0 unspecified atom stereocenters. The zero-order valence-corrected chi connectivity index (χ0v) is 19.3. The summed E-state index contributed by atoms with van der Waals surface area (Å²) in [5, 5.41) is 2.64. The van der Waals surface area contributed by atoms with Gasteiger partial charge in [-0.1, -0.05) is 11.6 Å². The second kappa shape index (κ2) is 9.70. The van der Waals surface area contributed by atoms with E-state index < -0.39 is 11.7 Å². The molecule has 0 saturated heterocycles. The normalized spacial score (nSPS) is 14.9. The fourth-order valence-corrected chi connectivity index (χ4v) is 3.22. The van der Waals surface area contributed by atoms with E-state index >= 15 is 0 Å². The number of carbonyl (C=O) groups is 2. The number of Topliss-reactive ketones (excluding diaryl/α,β-unsaturated/α-hetero) is 1. The maximum Gasteiger partial charge on any atom is 0.256 e. The number of carbonyl (C=O) groups excluding carboxylic acids is 2. The number of halogens is 1. The van der Waals surface area contributed by atoms with Crippen molar-refractivity contribution in [1.29, 1.82) is 0 Å². The molecular formula is C24H24ClN3O4. The molecule has 0 radical (unpaired) electrons. The van der Waals surface area contributed by atoms with Gasteiger partial charge in [0.05, 0.1) is 36.3 Å². The number of nitrogens with zero attached hydrogens (tertiary/aromatic N) is 2. The number of ketones is 1. The Morgan fingerprint density at radius 1 is 1.03 bits per heavy atom. The zero-order valence-electron chi connectivity index (χ0n) is 18.5. The van der Waals surface area contributed by atoms with Gasteiger partial charge in [-0.2, -0.15) is 0 Å². The van der Waals surface area contributed by atoms with Gasteiger partial charge in [-0.25, -0.2) is 4.99 Å². The highest BCUT2D eigenvalue weighted by Gasteiger charge is 2.26. The van der Waals surface area contributed by atoms with Crippen LogP contribution in [0.5, 0.6) is 11.5 Å². The van der Waals surface area contributed by atoms with Crippen LogP contribution in [-0.2, 0) is 4.79 Å². The third-order valence-corrected chi connectivity index (χ3v) is 5.37. The average Bonchev–Trinajstić information content (AvgIpc) is 2.80. The number of benzene rings is 2. The molecule has 0 fully saturated rings. The van der Waals surface area contributed by atoms with E-state index in [1.807, 2.05) is 43.3 Å². The number of methoxy groups -OCH3 is 2. The smallest absolute Gasteiger partial charge is 0.256 e. The highest BCUT2D eigenvalue weighted by molar-refractivity contribution is 6.49. The topological polar surface area (TPSA) is 80.2 Å². The van der Waals surface area contributed by atoms with Crippen molar-refractivity contribution in [3.8, 4) is 11.5 Å². The number of nitrogens with one attached hydrogen (secondary N) is 1. The van der Waals surface area contributed by atoms with Gasteiger partial charge in [-0.15, -0.1) is 0 Å². The van der Waals surface area contributed by atoms with E-state index in [9.17, 15) is 9.59 Å². The third kappa shape index (κ3) is 5.00. The van der Waals surface area contributed by atoms with E-state index in [0.29, 0.717) is 28.5 Å². The highest BCUT2D eigenvalue weighted by Crippen LogP contribution is 2.27. The van der Waals surface area contributed by atoms with Crippen molar-refractivity contribution >= 4 is 40.4 Å². The Balaban J connectivity index is 1.92. The van der Waals surface area contributed by atoms with Crippen molar-refractivity contribution in [3.63, 3.8) is 0 Å². The molecule has 0 aliphatic heterocycles. The molecule has 166 valence electrons. The second-order valence-electron chi connectivity index (χ2n) is 7.29. The van der Waals surface area contributed by atoms with Crippen LogP contribution in [0.2, 0.25) is 0 Å². The van der Waals surface area contributed by atoms with Crippen LogP contribution in [0.3, 0.4) is 0 Å². The van der Waals surface area contributed by atoms with Crippen molar-refractivity contribution in [2.45, 2.75) is 6.92 Å². The summed E-state index contributed by atoms with van der Waals surface area (Å²) in [7, 11) is 6.89. The maximum absolute atomic E-state index is 12.8. The summed E-state index contributed by atoms with van der Waals surface area (Å²) in [6.07, 6.45) is 1.53. The largest absolute Gasteiger partial charge is 0.497 e. The summed E-state index contributed by atoms with van der Waals surface area (Å²) < 4.78 is 10.4. The molecule has 0 bridgehead atoms. The first kappa shape index (κ1) is 23.1. The lowest BCUT2D eigenvalue weighted by Gasteiger charge is -2.17. The Bertz CT molecular complexity index is 1130. The second-order valence-corrected chi connectivity index (χ2v) is 7.67. The molecule has 3 rings (SSSR count). The number of amides is 1. The summed E-state index contributed by atoms with van der Waals surface area (Å²) in [6.45, 7) is 1.72. The first-order chi connectivity index (χ1) is 15.2. The van der Waals surface area contributed by atoms with Gasteiger partial charge in [0.2, 0.25) is 5.78 Å². The molecule has 32 heavy (non-hydrogen) atoms. The van der Waals surface area contributed by atoms with Crippen LogP contribution in [0.1, 0.15) is 17.3 Å². The standard InChI is InChI=1S/C24H24ClN3O4/c1-14-20(26-16-6-8-17(9-7-16)28(2)3)13-21(23(29)22(14)25)27-24(30)15-10-18(31-4)12-19(11-15)32-5/h6-13H,1-5H3,(H,27,30). The van der Waals surface area contributed by atoms with Crippen molar-refractivity contribution in [2.24, 2.45) is 4.99 Å². The molecule has 1 amide bonds. The van der Waals surface area contributed by atoms with Gasteiger partial charge in [0.1, 0.15) is 11.5 Å². The molecule has 2 aromatic rings. The monoisotopic (exact) mass is 453 g/mol. The molecule has 2 aromatic carbocycles. The minimum Gasteiger partial charge on any atom is -0.497 e. The molecule has 0 atom stereocenters. The SMILES string of the molecule is COc1cc(OC)cc(C(=O)NC2=CC(=Nc3ccc(N(C)C)cc3)C(C)=C(Cl)C2=O)c1. The summed E-state index contributed by atoms with van der Waals surface area (Å²) in [5.41, 5.74) is 3.07. The van der Waals surface area contributed by atoms with Gasteiger partial charge in [-0.05, 0) is 55.0 Å². The van der Waals surface area contributed by atoms with Gasteiger partial charge >= 0.3 is 0 Å². The van der Waals surface area contributed by atoms with Gasteiger partial charge in [0.25, 0.3) is 5.91 Å². The number of ether oxygens (including phenoxy) is 2. The van der Waals surface area contributed by atoms with Crippen LogP contribution in [0.15, 0.2) is 69.8 Å². The van der Waals surface area contributed by atoms with Crippen LogP contribution in [0.25, 0.3) is 0 Å². The Kier molecular flexibility index (Phi) is 7.00. The van der Waals surface area contributed by atoms with Crippen LogP contribution in [0.4, 0.5) is 11.4 Å². The molecular weight excluding hydrogens is 430 g/mol. The fraction of sp³-hybridized carbons (Fsp3) is 0.208. The third-order valence-electron chi connectivity index (χ3n) is 4.92. The lowest BCUT2D eigenvalue weighted by molar-refractivity contribution is -0.112. The number of anilines is 1. The van der Waals surface area contributed by atoms with E-state index in [0.717, 1.165) is 5.69 Å². The van der Waals surface area contributed by atoms with E-state index in [1.54, 1.807) is 25.1 Å². The van der Waals surface area contributed by atoms with Crippen molar-refractivity contribution < 1.29 is 19.1 Å². The minimum absolute atomic E-state index is 0.00897. The van der Waals surface area contributed by atoms with Crippen LogP contribution in [-0.4, -0.2) is 45.7 Å². The molecule has 0 aromatic heterocycles. The number of hydrogen-bond donors (Lipinski definition) is 1. The Morgan fingerprint density at radius 2 is 1.62 bits per heavy atom. The average molecular weight is 454 g/mol. The number of aliphatic imine (C=N–C) groups is 1. The van der Waals surface area contributed by atoms with Crippen LogP contribution in [0, 0.1) is 0 Å². The number of allylic oxidation sites excluding steroid dienone is 3. The van der Waals surface area contributed by atoms with Gasteiger partial charge < -0.3 is 19.7 Å². The van der Waals surface area contributed by atoms with E-state index in [2.05, 4.69) is 10.3 Å². The summed E-state index contributed by atoms with van der Waals surface area (Å²) >= 11 is 6.28. The summed E-state index contributed by atoms with van der Waals surface area (Å²) in [5.74, 6) is -0.0684. The van der Waals surface area contributed by atoms with Crippen LogP contribution >= 0.6 is 11.6 Å². The summed E-state index contributed by atoms with van der Waals surface area (Å²) in [6, 6.07) is 12.4. The predicted octanol–water partition coefficient (Wildman–Crippen LogP) is 4.25. The zero-order chi connectivity index (χ0) is 23.4. The molecule has 7 nitrogen and oxygen atoms in total. The Morgan fingerprint density at radius 3 is 2.16 bits per heavy atom. The number of rotatable bonds is 6. The van der Waals surface area contributed by atoms with E-state index in [1.165, 1.54) is 20.3 Å². The van der Waals surface area contributed by atoms with Crippen molar-refractivity contribution in [3.05, 3.63) is 70.4 Å². The summed E-state index contributed by atoms with van der Waals surface area (Å²) in [4.78, 5) is 32.1. The van der Waals surface area contributed by atoms with Crippen molar-refractivity contribution in [2.75, 3.05) is 33.2 Å². The van der Waals surface area contributed by atoms with Gasteiger partial charge in [0, 0.05) is 31.4 Å². The van der Waals surface area contributed by atoms with Crippen LogP contribution < -0.4 is 19.7 Å². The Labute approximate surface area is 192 Å². The predicted molar refractivity (Wildman–Crippen MR) is 127 cm³/mol. The molecule has 0 saturated carbocycles. The number of hydrogen-bond acceptors (Lipinski definition) is 6. The first-order valence-corrected chi connectivity index (χ1v) is 10.1. The highest BCUT2D eigenvalue weighted by atomic mass is 35.5. The Hall–Kier alpha value is -3.58.